The molecular formula is C19H17NO. The second kappa shape index (κ2) is 4.90. The Morgan fingerprint density at radius 1 is 0.905 bits per heavy atom. The van der Waals surface area contributed by atoms with E-state index in [0.29, 0.717) is 5.75 Å². The molecule has 104 valence electrons. The highest BCUT2D eigenvalue weighted by atomic mass is 16.3. The van der Waals surface area contributed by atoms with E-state index in [4.69, 9.17) is 0 Å². The molecule has 0 spiro atoms. The van der Waals surface area contributed by atoms with Gasteiger partial charge in [0.25, 0.3) is 0 Å². The average Bonchev–Trinajstić information content (AvgIpc) is 2.54. The van der Waals surface area contributed by atoms with Gasteiger partial charge < -0.3 is 10.4 Å². The number of phenols is 1. The molecule has 2 N–H and O–H groups in total. The van der Waals surface area contributed by atoms with Gasteiger partial charge in [0, 0.05) is 12.1 Å². The summed E-state index contributed by atoms with van der Waals surface area (Å²) in [6.07, 6.45) is 1.04. The third-order valence-corrected chi connectivity index (χ3v) is 4.35. The van der Waals surface area contributed by atoms with Crippen molar-refractivity contribution in [3.63, 3.8) is 0 Å². The second-order valence-electron chi connectivity index (χ2n) is 5.56. The molecule has 1 atom stereocenters. The molecule has 1 aliphatic rings. The fourth-order valence-electron chi connectivity index (χ4n) is 3.35. The van der Waals surface area contributed by atoms with Crippen molar-refractivity contribution in [2.24, 2.45) is 0 Å². The number of benzene rings is 3. The normalized spacial score (nSPS) is 17.6. The van der Waals surface area contributed by atoms with E-state index < -0.39 is 0 Å². The summed E-state index contributed by atoms with van der Waals surface area (Å²) in [7, 11) is 0. The van der Waals surface area contributed by atoms with E-state index >= 15 is 0 Å². The quantitative estimate of drug-likeness (QED) is 0.708. The highest BCUT2D eigenvalue weighted by Crippen LogP contribution is 2.38. The lowest BCUT2D eigenvalue weighted by Crippen LogP contribution is -2.30. The van der Waals surface area contributed by atoms with Crippen LogP contribution in [0.2, 0.25) is 0 Å². The van der Waals surface area contributed by atoms with Crippen molar-refractivity contribution in [3.05, 3.63) is 77.4 Å². The molecule has 0 radical (unpaired) electrons. The molecule has 0 aliphatic carbocycles. The molecule has 2 nitrogen and oxygen atoms in total. The molecule has 0 saturated heterocycles. The van der Waals surface area contributed by atoms with Crippen LogP contribution in [0.3, 0.4) is 0 Å². The number of hydrogen-bond donors (Lipinski definition) is 2. The zero-order valence-electron chi connectivity index (χ0n) is 11.7. The number of hydrogen-bond acceptors (Lipinski definition) is 2. The van der Waals surface area contributed by atoms with Crippen LogP contribution in [0.25, 0.3) is 10.8 Å². The van der Waals surface area contributed by atoms with Gasteiger partial charge in [0.15, 0.2) is 0 Å². The number of nitrogens with one attached hydrogen (secondary N) is 1. The first-order valence-corrected chi connectivity index (χ1v) is 7.36. The van der Waals surface area contributed by atoms with Crippen molar-refractivity contribution in [1.82, 2.24) is 5.32 Å². The fraction of sp³-hybridized carbons (Fsp3) is 0.158. The first-order chi connectivity index (χ1) is 10.3. The molecule has 2 heteroatoms. The summed E-state index contributed by atoms with van der Waals surface area (Å²) < 4.78 is 0. The third-order valence-electron chi connectivity index (χ3n) is 4.35. The second-order valence-corrected chi connectivity index (χ2v) is 5.56. The molecule has 1 heterocycles. The van der Waals surface area contributed by atoms with Crippen LogP contribution in [-0.2, 0) is 6.42 Å². The lowest BCUT2D eigenvalue weighted by molar-refractivity contribution is 0.456. The fourth-order valence-corrected chi connectivity index (χ4v) is 3.35. The molecule has 0 saturated carbocycles. The van der Waals surface area contributed by atoms with E-state index in [0.717, 1.165) is 29.3 Å². The predicted molar refractivity (Wildman–Crippen MR) is 85.6 cm³/mol. The molecule has 3 aromatic carbocycles. The van der Waals surface area contributed by atoms with Gasteiger partial charge in [0.05, 0.1) is 6.04 Å². The van der Waals surface area contributed by atoms with Gasteiger partial charge in [-0.15, -0.1) is 0 Å². The predicted octanol–water partition coefficient (Wildman–Crippen LogP) is 3.78. The van der Waals surface area contributed by atoms with Gasteiger partial charge in [-0.05, 0) is 34.4 Å². The minimum Gasteiger partial charge on any atom is -0.508 e. The van der Waals surface area contributed by atoms with E-state index in [1.165, 1.54) is 11.1 Å². The van der Waals surface area contributed by atoms with E-state index in [-0.39, 0.29) is 6.04 Å². The van der Waals surface area contributed by atoms with E-state index in [1.54, 1.807) is 6.07 Å². The molecule has 0 fully saturated rings. The number of fused-ring (bicyclic) bond motifs is 2. The molecule has 0 aromatic heterocycles. The molecule has 1 aliphatic heterocycles. The number of phenolic OH excluding ortho intramolecular Hbond substituents is 1. The van der Waals surface area contributed by atoms with Crippen molar-refractivity contribution in [2.45, 2.75) is 12.5 Å². The highest BCUT2D eigenvalue weighted by Gasteiger charge is 2.24. The molecule has 3 aromatic rings. The third kappa shape index (κ3) is 1.99. The van der Waals surface area contributed by atoms with Crippen LogP contribution in [0.4, 0.5) is 0 Å². The summed E-state index contributed by atoms with van der Waals surface area (Å²) in [5, 5.41) is 16.3. The molecular weight excluding hydrogens is 258 g/mol. The summed E-state index contributed by atoms with van der Waals surface area (Å²) >= 11 is 0. The van der Waals surface area contributed by atoms with Gasteiger partial charge in [0.2, 0.25) is 0 Å². The Kier molecular flexibility index (Phi) is 2.90. The van der Waals surface area contributed by atoms with Crippen molar-refractivity contribution < 1.29 is 5.11 Å². The summed E-state index contributed by atoms with van der Waals surface area (Å²) in [5.41, 5.74) is 3.63. The zero-order chi connectivity index (χ0) is 14.2. The van der Waals surface area contributed by atoms with E-state index in [9.17, 15) is 5.11 Å². The molecule has 1 unspecified atom stereocenters. The smallest absolute Gasteiger partial charge is 0.121 e. The van der Waals surface area contributed by atoms with Crippen LogP contribution in [0.15, 0.2) is 60.7 Å². The van der Waals surface area contributed by atoms with Crippen LogP contribution in [0.5, 0.6) is 5.75 Å². The summed E-state index contributed by atoms with van der Waals surface area (Å²) in [5.74, 6) is 0.364. The summed E-state index contributed by atoms with van der Waals surface area (Å²) in [6.45, 7) is 0.935. The first-order valence-electron chi connectivity index (χ1n) is 7.36. The maximum absolute atomic E-state index is 10.4. The highest BCUT2D eigenvalue weighted by molar-refractivity contribution is 5.88. The zero-order valence-corrected chi connectivity index (χ0v) is 11.7. The van der Waals surface area contributed by atoms with Crippen LogP contribution < -0.4 is 5.32 Å². The Morgan fingerprint density at radius 2 is 1.71 bits per heavy atom. The lowest BCUT2D eigenvalue weighted by atomic mass is 9.87. The maximum Gasteiger partial charge on any atom is 0.121 e. The Hall–Kier alpha value is -2.32. The minimum atomic E-state index is 0.0565. The largest absolute Gasteiger partial charge is 0.508 e. The van der Waals surface area contributed by atoms with E-state index in [1.807, 2.05) is 18.2 Å². The SMILES string of the molecule is Oc1ccc2ccccc2c1C1NCCc2ccccc21. The van der Waals surface area contributed by atoms with Crippen LogP contribution >= 0.6 is 0 Å². The Labute approximate surface area is 124 Å². The maximum atomic E-state index is 10.4. The van der Waals surface area contributed by atoms with Crippen molar-refractivity contribution in [1.29, 1.82) is 0 Å². The molecule has 4 rings (SSSR count). The monoisotopic (exact) mass is 275 g/mol. The van der Waals surface area contributed by atoms with Gasteiger partial charge in [-0.2, -0.15) is 0 Å². The summed E-state index contributed by atoms with van der Waals surface area (Å²) in [4.78, 5) is 0. The van der Waals surface area contributed by atoms with Gasteiger partial charge in [0.1, 0.15) is 5.75 Å². The van der Waals surface area contributed by atoms with E-state index in [2.05, 4.69) is 41.7 Å². The van der Waals surface area contributed by atoms with Crippen molar-refractivity contribution in [3.8, 4) is 5.75 Å². The van der Waals surface area contributed by atoms with Gasteiger partial charge in [-0.25, -0.2) is 0 Å². The number of aromatic hydroxyl groups is 1. The minimum absolute atomic E-state index is 0.0565. The molecule has 0 amide bonds. The Morgan fingerprint density at radius 3 is 2.67 bits per heavy atom. The molecule has 21 heavy (non-hydrogen) atoms. The Bertz CT molecular complexity index is 810. The number of rotatable bonds is 1. The topological polar surface area (TPSA) is 32.3 Å². The van der Waals surface area contributed by atoms with Gasteiger partial charge in [-0.3, -0.25) is 0 Å². The standard InChI is InChI=1S/C19H17NO/c21-17-10-9-13-5-1-3-7-15(13)18(17)19-16-8-4-2-6-14(16)11-12-20-19/h1-10,19-21H,11-12H2. The Balaban J connectivity index is 1.98. The van der Waals surface area contributed by atoms with Gasteiger partial charge in [-0.1, -0.05) is 54.6 Å². The lowest BCUT2D eigenvalue weighted by Gasteiger charge is -2.28. The first kappa shape index (κ1) is 12.4. The van der Waals surface area contributed by atoms with Crippen LogP contribution in [0, 0.1) is 0 Å². The van der Waals surface area contributed by atoms with Crippen molar-refractivity contribution >= 4 is 10.8 Å². The van der Waals surface area contributed by atoms with Crippen molar-refractivity contribution in [2.75, 3.05) is 6.54 Å². The van der Waals surface area contributed by atoms with Crippen LogP contribution in [0.1, 0.15) is 22.7 Å². The summed E-state index contributed by atoms with van der Waals surface area (Å²) in [6, 6.07) is 20.6. The molecule has 0 bridgehead atoms. The van der Waals surface area contributed by atoms with Crippen LogP contribution in [-0.4, -0.2) is 11.7 Å². The average molecular weight is 275 g/mol. The van der Waals surface area contributed by atoms with Gasteiger partial charge >= 0.3 is 0 Å².